The highest BCUT2D eigenvalue weighted by Crippen LogP contribution is 2.65. The topological polar surface area (TPSA) is 0 Å². The lowest BCUT2D eigenvalue weighted by atomic mass is 9.46. The van der Waals surface area contributed by atoms with Gasteiger partial charge in [-0.25, -0.2) is 0 Å². The average molecular weight is 203 g/mol. The summed E-state index contributed by atoms with van der Waals surface area (Å²) in [5.41, 5.74) is 0.843. The minimum atomic E-state index is 0.843. The summed E-state index contributed by atoms with van der Waals surface area (Å²) in [7, 11) is 0. The van der Waals surface area contributed by atoms with Crippen molar-refractivity contribution < 1.29 is 0 Å². The average Bonchev–Trinajstić information content (AvgIpc) is 2.67. The Morgan fingerprint density at radius 1 is 0.933 bits per heavy atom. The third-order valence-corrected chi connectivity index (χ3v) is 6.04. The Labute approximate surface area is 93.8 Å². The number of hydrogen-bond donors (Lipinski definition) is 0. The molecule has 0 heterocycles. The van der Waals surface area contributed by atoms with Crippen LogP contribution in [-0.2, 0) is 0 Å². The van der Waals surface area contributed by atoms with Gasteiger partial charge in [0.2, 0.25) is 0 Å². The van der Waals surface area contributed by atoms with Crippen molar-refractivity contribution in [3.8, 4) is 0 Å². The van der Waals surface area contributed by atoms with E-state index >= 15 is 0 Å². The largest absolute Gasteiger partial charge is 0.0530 e. The molecule has 0 amide bonds. The maximum Gasteiger partial charge on any atom is -0.0230 e. The zero-order valence-electron chi connectivity index (χ0n) is 9.80. The molecular formula is C15H23. The van der Waals surface area contributed by atoms with Crippen molar-refractivity contribution in [2.75, 3.05) is 0 Å². The van der Waals surface area contributed by atoms with Crippen LogP contribution in [0, 0.1) is 29.1 Å². The summed E-state index contributed by atoms with van der Waals surface area (Å²) < 4.78 is 0. The van der Waals surface area contributed by atoms with Gasteiger partial charge in [0.1, 0.15) is 0 Å². The zero-order chi connectivity index (χ0) is 9.88. The molecule has 5 saturated carbocycles. The second-order valence-corrected chi connectivity index (χ2v) is 7.05. The summed E-state index contributed by atoms with van der Waals surface area (Å²) in [4.78, 5) is 0. The molecule has 15 heavy (non-hydrogen) atoms. The van der Waals surface area contributed by atoms with Crippen LogP contribution in [0.2, 0.25) is 0 Å². The predicted octanol–water partition coefficient (Wildman–Crippen LogP) is 4.35. The molecule has 5 rings (SSSR count). The maximum absolute atomic E-state index is 1.99. The van der Waals surface area contributed by atoms with Gasteiger partial charge < -0.3 is 0 Å². The van der Waals surface area contributed by atoms with Gasteiger partial charge in [-0.3, -0.25) is 0 Å². The van der Waals surface area contributed by atoms with Gasteiger partial charge in [0.15, 0.2) is 0 Å². The molecule has 0 heteroatoms. The van der Waals surface area contributed by atoms with E-state index in [1.165, 1.54) is 25.7 Å². The van der Waals surface area contributed by atoms with Gasteiger partial charge in [-0.2, -0.15) is 0 Å². The normalized spacial score (nSPS) is 50.4. The molecule has 83 valence electrons. The summed E-state index contributed by atoms with van der Waals surface area (Å²) in [5, 5.41) is 0. The number of hydrogen-bond acceptors (Lipinski definition) is 0. The van der Waals surface area contributed by atoms with Gasteiger partial charge in [-0.1, -0.05) is 12.8 Å². The first-order valence-corrected chi connectivity index (χ1v) is 7.18. The SMILES string of the molecule is C1CCC(C23C[C]4CC(CC(C4)C2)C3)C1. The summed E-state index contributed by atoms with van der Waals surface area (Å²) in [6, 6.07) is 0. The quantitative estimate of drug-likeness (QED) is 0.594. The summed E-state index contributed by atoms with van der Waals surface area (Å²) in [5.74, 6) is 5.38. The Morgan fingerprint density at radius 3 is 2.20 bits per heavy atom. The third-order valence-electron chi connectivity index (χ3n) is 6.04. The van der Waals surface area contributed by atoms with Crippen LogP contribution in [-0.4, -0.2) is 0 Å². The molecule has 0 saturated heterocycles. The summed E-state index contributed by atoms with van der Waals surface area (Å²) in [6.07, 6.45) is 15.7. The molecule has 4 bridgehead atoms. The lowest BCUT2D eigenvalue weighted by molar-refractivity contribution is -0.0356. The lowest BCUT2D eigenvalue weighted by Crippen LogP contribution is -2.48. The second kappa shape index (κ2) is 3.02. The number of rotatable bonds is 1. The van der Waals surface area contributed by atoms with Crippen molar-refractivity contribution in [1.29, 1.82) is 0 Å². The van der Waals surface area contributed by atoms with Crippen molar-refractivity contribution >= 4 is 0 Å². The molecule has 0 nitrogen and oxygen atoms in total. The van der Waals surface area contributed by atoms with Crippen LogP contribution in [0.15, 0.2) is 0 Å². The lowest BCUT2D eigenvalue weighted by Gasteiger charge is -2.59. The second-order valence-electron chi connectivity index (χ2n) is 7.05. The van der Waals surface area contributed by atoms with Crippen LogP contribution < -0.4 is 0 Å². The van der Waals surface area contributed by atoms with E-state index in [0.717, 1.165) is 23.2 Å². The fourth-order valence-corrected chi connectivity index (χ4v) is 5.88. The van der Waals surface area contributed by atoms with Crippen molar-refractivity contribution in [3.05, 3.63) is 5.92 Å². The Kier molecular flexibility index (Phi) is 1.83. The van der Waals surface area contributed by atoms with Crippen molar-refractivity contribution in [1.82, 2.24) is 0 Å². The molecule has 0 aromatic heterocycles. The van der Waals surface area contributed by atoms with Gasteiger partial charge in [-0.15, -0.1) is 0 Å². The molecule has 2 unspecified atom stereocenters. The minimum absolute atomic E-state index is 0.843. The highest BCUT2D eigenvalue weighted by Gasteiger charge is 2.54. The van der Waals surface area contributed by atoms with Crippen molar-refractivity contribution in [2.45, 2.75) is 64.2 Å². The molecule has 0 N–H and O–H groups in total. The van der Waals surface area contributed by atoms with E-state index in [4.69, 9.17) is 0 Å². The van der Waals surface area contributed by atoms with Crippen LogP contribution in [0.5, 0.6) is 0 Å². The molecule has 0 aromatic rings. The summed E-state index contributed by atoms with van der Waals surface area (Å²) in [6.45, 7) is 0. The van der Waals surface area contributed by atoms with Crippen LogP contribution in [0.3, 0.4) is 0 Å². The van der Waals surface area contributed by atoms with E-state index in [2.05, 4.69) is 0 Å². The zero-order valence-corrected chi connectivity index (χ0v) is 9.80. The molecule has 0 aliphatic heterocycles. The highest BCUT2D eigenvalue weighted by atomic mass is 14.6. The molecule has 0 spiro atoms. The minimum Gasteiger partial charge on any atom is -0.0530 e. The Morgan fingerprint density at radius 2 is 1.60 bits per heavy atom. The Hall–Kier alpha value is 0. The van der Waals surface area contributed by atoms with Gasteiger partial charge in [0.05, 0.1) is 0 Å². The van der Waals surface area contributed by atoms with Gasteiger partial charge >= 0.3 is 0 Å². The Bertz CT molecular complexity index is 224. The van der Waals surface area contributed by atoms with Gasteiger partial charge in [0.25, 0.3) is 0 Å². The smallest absolute Gasteiger partial charge is 0.0230 e. The maximum atomic E-state index is 1.99. The highest BCUT2D eigenvalue weighted by molar-refractivity contribution is 5.15. The van der Waals surface area contributed by atoms with Crippen LogP contribution in [0.25, 0.3) is 0 Å². The molecule has 5 aliphatic carbocycles. The van der Waals surface area contributed by atoms with E-state index < -0.39 is 0 Å². The van der Waals surface area contributed by atoms with Gasteiger partial charge in [0, 0.05) is 0 Å². The van der Waals surface area contributed by atoms with Crippen molar-refractivity contribution in [3.63, 3.8) is 0 Å². The van der Waals surface area contributed by atoms with Crippen LogP contribution in [0.1, 0.15) is 64.2 Å². The Balaban J connectivity index is 1.65. The van der Waals surface area contributed by atoms with E-state index in [1.54, 1.807) is 38.5 Å². The predicted molar refractivity (Wildman–Crippen MR) is 62.3 cm³/mol. The van der Waals surface area contributed by atoms with Crippen LogP contribution in [0.4, 0.5) is 0 Å². The molecule has 5 fully saturated rings. The first-order chi connectivity index (χ1) is 7.34. The van der Waals surface area contributed by atoms with Gasteiger partial charge in [-0.05, 0) is 80.5 Å². The summed E-state index contributed by atoms with van der Waals surface area (Å²) >= 11 is 0. The van der Waals surface area contributed by atoms with E-state index in [1.807, 2.05) is 5.92 Å². The van der Waals surface area contributed by atoms with E-state index in [-0.39, 0.29) is 0 Å². The van der Waals surface area contributed by atoms with Crippen LogP contribution >= 0.6 is 0 Å². The first kappa shape index (κ1) is 9.07. The molecule has 5 aliphatic rings. The van der Waals surface area contributed by atoms with Crippen molar-refractivity contribution in [2.24, 2.45) is 23.2 Å². The molecule has 2 atom stereocenters. The fourth-order valence-electron chi connectivity index (χ4n) is 5.88. The monoisotopic (exact) mass is 203 g/mol. The molecule has 1 radical (unpaired) electrons. The van der Waals surface area contributed by atoms with E-state index in [0.29, 0.717) is 0 Å². The fraction of sp³-hybridized carbons (Fsp3) is 0.933. The molecule has 0 aromatic carbocycles. The van der Waals surface area contributed by atoms with E-state index in [9.17, 15) is 0 Å². The molecular weight excluding hydrogens is 180 g/mol. The first-order valence-electron chi connectivity index (χ1n) is 7.18. The third kappa shape index (κ3) is 1.26. The standard InChI is InChI=1S/C15H23/c1-2-4-14(3-1)15-8-11-5-12(9-15)7-13(6-11)10-15/h11-12,14H,1-10H2.